The number of thiophene rings is 2. The molecule has 0 amide bonds. The van der Waals surface area contributed by atoms with E-state index in [1.54, 1.807) is 0 Å². The van der Waals surface area contributed by atoms with E-state index in [-0.39, 0.29) is 18.3 Å². The molecule has 1 aliphatic heterocycles. The van der Waals surface area contributed by atoms with E-state index < -0.39 is 0 Å². The van der Waals surface area contributed by atoms with Crippen LogP contribution in [-0.4, -0.2) is 18.3 Å². The van der Waals surface area contributed by atoms with Crippen LogP contribution < -0.4 is 5.46 Å². The molecule has 172 valence electrons. The zero-order valence-electron chi connectivity index (χ0n) is 20.2. The average Bonchev–Trinajstić information content (AvgIpc) is 3.46. The van der Waals surface area contributed by atoms with E-state index in [2.05, 4.69) is 107 Å². The fraction of sp³-hybridized carbons (Fsp3) is 0.200. The molecule has 0 spiro atoms. The van der Waals surface area contributed by atoms with Crippen LogP contribution >= 0.6 is 22.7 Å². The lowest BCUT2D eigenvalue weighted by atomic mass is 9.78. The van der Waals surface area contributed by atoms with Gasteiger partial charge in [-0.15, -0.1) is 22.7 Å². The smallest absolute Gasteiger partial charge is 0.399 e. The predicted octanol–water partition coefficient (Wildman–Crippen LogP) is 8.39. The van der Waals surface area contributed by atoms with Crippen LogP contribution in [0.2, 0.25) is 0 Å². The maximum absolute atomic E-state index is 6.40. The van der Waals surface area contributed by atoms with Crippen molar-refractivity contribution >= 4 is 75.6 Å². The molecular weight excluding hydrogens is 467 g/mol. The third kappa shape index (κ3) is 3.22. The maximum atomic E-state index is 6.40. The van der Waals surface area contributed by atoms with Gasteiger partial charge in [0.1, 0.15) is 0 Å². The van der Waals surface area contributed by atoms with Gasteiger partial charge in [0.2, 0.25) is 0 Å². The second kappa shape index (κ2) is 7.41. The Balaban J connectivity index is 1.36. The van der Waals surface area contributed by atoms with E-state index in [4.69, 9.17) is 9.31 Å². The zero-order valence-corrected chi connectivity index (χ0v) is 21.8. The highest BCUT2D eigenvalue weighted by Gasteiger charge is 2.52. The molecule has 0 aliphatic carbocycles. The summed E-state index contributed by atoms with van der Waals surface area (Å²) in [6, 6.07) is 28.9. The Bertz CT molecular complexity index is 1760. The van der Waals surface area contributed by atoms with Gasteiger partial charge in [-0.05, 0) is 74.5 Å². The molecule has 1 saturated heterocycles. The highest BCUT2D eigenvalue weighted by molar-refractivity contribution is 7.27. The highest BCUT2D eigenvalue weighted by Crippen LogP contribution is 2.41. The van der Waals surface area contributed by atoms with Crippen LogP contribution in [0, 0.1) is 0 Å². The Morgan fingerprint density at radius 1 is 0.571 bits per heavy atom. The number of benzene rings is 4. The van der Waals surface area contributed by atoms with Gasteiger partial charge in [-0.25, -0.2) is 0 Å². The summed E-state index contributed by atoms with van der Waals surface area (Å²) in [5.74, 6) is 0. The van der Waals surface area contributed by atoms with Gasteiger partial charge < -0.3 is 9.31 Å². The molecule has 6 aromatic rings. The molecule has 0 radical (unpaired) electrons. The lowest BCUT2D eigenvalue weighted by Gasteiger charge is -2.32. The van der Waals surface area contributed by atoms with E-state index in [0.29, 0.717) is 0 Å². The first-order valence-electron chi connectivity index (χ1n) is 12.0. The minimum atomic E-state index is -0.356. The third-order valence-corrected chi connectivity index (χ3v) is 10.1. The zero-order chi connectivity index (χ0) is 23.9. The van der Waals surface area contributed by atoms with Crippen LogP contribution in [0.3, 0.4) is 0 Å². The summed E-state index contributed by atoms with van der Waals surface area (Å²) in [7, 11) is -0.356. The van der Waals surface area contributed by atoms with Crippen LogP contribution in [0.15, 0.2) is 78.9 Å². The lowest BCUT2D eigenvalue weighted by molar-refractivity contribution is 0.00578. The first-order valence-corrected chi connectivity index (χ1v) is 13.7. The van der Waals surface area contributed by atoms with E-state index in [0.717, 1.165) is 5.46 Å². The molecule has 0 saturated carbocycles. The van der Waals surface area contributed by atoms with Crippen molar-refractivity contribution in [1.29, 1.82) is 0 Å². The summed E-state index contributed by atoms with van der Waals surface area (Å²) in [5, 5.41) is 5.22. The molecule has 7 rings (SSSR count). The molecule has 0 atom stereocenters. The normalized spacial score (nSPS) is 17.3. The maximum Gasteiger partial charge on any atom is 0.496 e. The summed E-state index contributed by atoms with van der Waals surface area (Å²) in [5.41, 5.74) is 2.91. The fourth-order valence-corrected chi connectivity index (χ4v) is 7.35. The molecule has 2 aromatic heterocycles. The predicted molar refractivity (Wildman–Crippen MR) is 153 cm³/mol. The summed E-state index contributed by atoms with van der Waals surface area (Å²) >= 11 is 3.69. The van der Waals surface area contributed by atoms with Crippen LogP contribution in [0.25, 0.3) is 51.5 Å². The van der Waals surface area contributed by atoms with Crippen LogP contribution in [-0.2, 0) is 9.31 Å². The van der Waals surface area contributed by atoms with Crippen molar-refractivity contribution in [2.45, 2.75) is 38.9 Å². The van der Waals surface area contributed by atoms with Gasteiger partial charge in [-0.2, -0.15) is 0 Å². The fourth-order valence-electron chi connectivity index (χ4n) is 5.06. The first kappa shape index (κ1) is 21.6. The number of fused-ring (bicyclic) bond motifs is 6. The van der Waals surface area contributed by atoms with Crippen LogP contribution in [0.5, 0.6) is 0 Å². The third-order valence-electron chi connectivity index (χ3n) is 7.74. The molecule has 0 unspecified atom stereocenters. The van der Waals surface area contributed by atoms with E-state index in [1.165, 1.54) is 51.5 Å². The van der Waals surface area contributed by atoms with Gasteiger partial charge in [-0.3, -0.25) is 0 Å². The van der Waals surface area contributed by atoms with Crippen molar-refractivity contribution in [2.24, 2.45) is 0 Å². The van der Waals surface area contributed by atoms with Crippen molar-refractivity contribution in [3.8, 4) is 11.1 Å². The van der Waals surface area contributed by atoms with Crippen LogP contribution in [0.1, 0.15) is 27.7 Å². The molecule has 3 heterocycles. The molecule has 0 N–H and O–H groups in total. The van der Waals surface area contributed by atoms with Gasteiger partial charge in [0, 0.05) is 40.4 Å². The highest BCUT2D eigenvalue weighted by atomic mass is 32.1. The Kier molecular flexibility index (Phi) is 4.57. The summed E-state index contributed by atoms with van der Waals surface area (Å²) in [6.45, 7) is 8.44. The summed E-state index contributed by atoms with van der Waals surface area (Å²) in [6.07, 6.45) is 0. The van der Waals surface area contributed by atoms with E-state index >= 15 is 0 Å². The van der Waals surface area contributed by atoms with Crippen molar-refractivity contribution in [2.75, 3.05) is 0 Å². The first-order chi connectivity index (χ1) is 16.8. The standard InChI is InChI=1S/C30H25BO2S2/c1-29(2)30(3,4)33-31(32-29)24-10-7-9-21-23-17-19(13-15-27(23)35-28(21)24)18-12-14-26-22(16-18)20-8-5-6-11-25(20)34-26/h5-17H,1-4H3. The molecule has 1 fully saturated rings. The largest absolute Gasteiger partial charge is 0.496 e. The van der Waals surface area contributed by atoms with Gasteiger partial charge >= 0.3 is 7.12 Å². The number of rotatable bonds is 2. The van der Waals surface area contributed by atoms with Crippen molar-refractivity contribution in [3.05, 3.63) is 78.9 Å². The number of hydrogen-bond acceptors (Lipinski definition) is 4. The minimum absolute atomic E-state index is 0.353. The Morgan fingerprint density at radius 2 is 1.14 bits per heavy atom. The molecular formula is C30H25BO2S2. The molecule has 35 heavy (non-hydrogen) atoms. The van der Waals surface area contributed by atoms with Crippen LogP contribution in [0.4, 0.5) is 0 Å². The molecule has 5 heteroatoms. The van der Waals surface area contributed by atoms with Gasteiger partial charge in [0.15, 0.2) is 0 Å². The monoisotopic (exact) mass is 492 g/mol. The van der Waals surface area contributed by atoms with Gasteiger partial charge in [-0.1, -0.05) is 48.5 Å². The van der Waals surface area contributed by atoms with Gasteiger partial charge in [0.05, 0.1) is 11.2 Å². The quantitative estimate of drug-likeness (QED) is 0.226. The summed E-state index contributed by atoms with van der Waals surface area (Å²) in [4.78, 5) is 0. The Labute approximate surface area is 213 Å². The second-order valence-corrected chi connectivity index (χ2v) is 12.6. The van der Waals surface area contributed by atoms with Crippen molar-refractivity contribution in [3.63, 3.8) is 0 Å². The Hall–Kier alpha value is -2.70. The molecule has 2 nitrogen and oxygen atoms in total. The average molecular weight is 492 g/mol. The number of hydrogen-bond donors (Lipinski definition) is 0. The second-order valence-electron chi connectivity index (χ2n) is 10.4. The Morgan fingerprint density at radius 3 is 1.86 bits per heavy atom. The van der Waals surface area contributed by atoms with Crippen molar-refractivity contribution in [1.82, 2.24) is 0 Å². The SMILES string of the molecule is CC1(C)OB(c2cccc3c2sc2ccc(-c4ccc5sc6ccccc6c5c4)cc23)OC1(C)C. The van der Waals surface area contributed by atoms with Crippen molar-refractivity contribution < 1.29 is 9.31 Å². The summed E-state index contributed by atoms with van der Waals surface area (Å²) < 4.78 is 18.0. The van der Waals surface area contributed by atoms with E-state index in [1.807, 2.05) is 22.7 Å². The lowest BCUT2D eigenvalue weighted by Crippen LogP contribution is -2.41. The minimum Gasteiger partial charge on any atom is -0.399 e. The topological polar surface area (TPSA) is 18.5 Å². The molecule has 1 aliphatic rings. The molecule has 4 aromatic carbocycles. The molecule has 0 bridgehead atoms. The van der Waals surface area contributed by atoms with Gasteiger partial charge in [0.25, 0.3) is 0 Å². The van der Waals surface area contributed by atoms with E-state index in [9.17, 15) is 0 Å².